The normalized spacial score (nSPS) is 11.0. The first-order chi connectivity index (χ1) is 9.31. The number of hydrogen-bond donors (Lipinski definition) is 0. The fourth-order valence-electron chi connectivity index (χ4n) is 1.91. The number of nitrogens with zero attached hydrogens (tertiary/aromatic N) is 3. The Bertz CT molecular complexity index is 550. The van der Waals surface area contributed by atoms with Gasteiger partial charge in [0.05, 0.1) is 29.7 Å². The predicted molar refractivity (Wildman–Crippen MR) is 68.9 cm³/mol. The molecule has 20 heavy (non-hydrogen) atoms. The van der Waals surface area contributed by atoms with Crippen molar-refractivity contribution in [2.45, 2.75) is 32.5 Å². The number of benzene rings is 1. The second-order valence-corrected chi connectivity index (χ2v) is 4.53. The molecule has 0 saturated heterocycles. The highest BCUT2D eigenvalue weighted by molar-refractivity contribution is 5.55. The fourth-order valence-corrected chi connectivity index (χ4v) is 1.91. The highest BCUT2D eigenvalue weighted by Gasteiger charge is 2.33. The van der Waals surface area contributed by atoms with E-state index in [1.54, 1.807) is 11.0 Å². The molecule has 0 bridgehead atoms. The van der Waals surface area contributed by atoms with E-state index in [1.165, 1.54) is 12.1 Å². The van der Waals surface area contributed by atoms with Crippen molar-refractivity contribution in [3.63, 3.8) is 0 Å². The molecule has 0 radical (unpaired) electrons. The SMILES string of the molecule is CC(C)N(CCC#N)c1ccc(C(F)(F)F)c(C#N)c1. The van der Waals surface area contributed by atoms with Gasteiger partial charge in [-0.15, -0.1) is 0 Å². The number of alkyl halides is 3. The second kappa shape index (κ2) is 6.29. The van der Waals surface area contributed by atoms with Crippen LogP contribution >= 0.6 is 0 Å². The van der Waals surface area contributed by atoms with E-state index in [0.29, 0.717) is 12.2 Å². The van der Waals surface area contributed by atoms with Crippen molar-refractivity contribution in [1.29, 1.82) is 10.5 Å². The molecule has 0 amide bonds. The molecule has 0 saturated carbocycles. The quantitative estimate of drug-likeness (QED) is 0.845. The van der Waals surface area contributed by atoms with Crippen molar-refractivity contribution in [1.82, 2.24) is 0 Å². The van der Waals surface area contributed by atoms with Gasteiger partial charge in [0.15, 0.2) is 0 Å². The van der Waals surface area contributed by atoms with Crippen LogP contribution in [0.15, 0.2) is 18.2 Å². The van der Waals surface area contributed by atoms with Crippen LogP contribution in [0.25, 0.3) is 0 Å². The molecule has 0 aliphatic carbocycles. The molecule has 0 N–H and O–H groups in total. The van der Waals surface area contributed by atoms with E-state index in [1.807, 2.05) is 19.9 Å². The van der Waals surface area contributed by atoms with Gasteiger partial charge in [0.2, 0.25) is 0 Å². The summed E-state index contributed by atoms with van der Waals surface area (Å²) in [6.07, 6.45) is -4.28. The maximum atomic E-state index is 12.7. The summed E-state index contributed by atoms with van der Waals surface area (Å²) >= 11 is 0. The standard InChI is InChI=1S/C14H14F3N3/c1-10(2)20(7-3-6-18)12-4-5-13(14(15,16)17)11(8-12)9-19/h4-5,8,10H,3,7H2,1-2H3. The van der Waals surface area contributed by atoms with E-state index in [-0.39, 0.29) is 12.5 Å². The lowest BCUT2D eigenvalue weighted by Gasteiger charge is -2.28. The van der Waals surface area contributed by atoms with Crippen molar-refractivity contribution in [3.05, 3.63) is 29.3 Å². The van der Waals surface area contributed by atoms with E-state index in [4.69, 9.17) is 10.5 Å². The maximum Gasteiger partial charge on any atom is 0.417 e. The second-order valence-electron chi connectivity index (χ2n) is 4.53. The number of nitriles is 2. The van der Waals surface area contributed by atoms with E-state index in [9.17, 15) is 13.2 Å². The van der Waals surface area contributed by atoms with E-state index < -0.39 is 17.3 Å². The summed E-state index contributed by atoms with van der Waals surface area (Å²) in [7, 11) is 0. The van der Waals surface area contributed by atoms with Crippen molar-refractivity contribution in [2.24, 2.45) is 0 Å². The van der Waals surface area contributed by atoms with Crippen LogP contribution in [0.5, 0.6) is 0 Å². The summed E-state index contributed by atoms with van der Waals surface area (Å²) in [4.78, 5) is 1.80. The zero-order valence-electron chi connectivity index (χ0n) is 11.2. The summed E-state index contributed by atoms with van der Waals surface area (Å²) in [5, 5.41) is 17.5. The van der Waals surface area contributed by atoms with Gasteiger partial charge >= 0.3 is 6.18 Å². The first-order valence-electron chi connectivity index (χ1n) is 6.06. The first-order valence-corrected chi connectivity index (χ1v) is 6.06. The van der Waals surface area contributed by atoms with Crippen LogP contribution in [0.4, 0.5) is 18.9 Å². The Morgan fingerprint density at radius 1 is 1.25 bits per heavy atom. The number of anilines is 1. The first kappa shape index (κ1) is 15.8. The average molecular weight is 281 g/mol. The predicted octanol–water partition coefficient (Wildman–Crippen LogP) is 3.71. The van der Waals surface area contributed by atoms with Gasteiger partial charge in [-0.25, -0.2) is 0 Å². The van der Waals surface area contributed by atoms with Crippen LogP contribution in [0.3, 0.4) is 0 Å². The minimum Gasteiger partial charge on any atom is -0.368 e. The van der Waals surface area contributed by atoms with Crippen LogP contribution in [-0.4, -0.2) is 12.6 Å². The van der Waals surface area contributed by atoms with Gasteiger partial charge in [0.1, 0.15) is 0 Å². The minimum absolute atomic E-state index is 0.0200. The Morgan fingerprint density at radius 3 is 2.35 bits per heavy atom. The van der Waals surface area contributed by atoms with Gasteiger partial charge < -0.3 is 4.90 Å². The molecule has 1 aromatic carbocycles. The maximum absolute atomic E-state index is 12.7. The Labute approximate surface area is 115 Å². The topological polar surface area (TPSA) is 50.8 Å². The molecule has 0 aliphatic rings. The lowest BCUT2D eigenvalue weighted by atomic mass is 10.1. The highest BCUT2D eigenvalue weighted by atomic mass is 19.4. The van der Waals surface area contributed by atoms with Gasteiger partial charge in [-0.3, -0.25) is 0 Å². The summed E-state index contributed by atoms with van der Waals surface area (Å²) in [6.45, 7) is 4.16. The molecule has 0 aromatic heterocycles. The van der Waals surface area contributed by atoms with E-state index in [2.05, 4.69) is 0 Å². The summed E-state index contributed by atoms with van der Waals surface area (Å²) < 4.78 is 38.2. The zero-order valence-corrected chi connectivity index (χ0v) is 11.2. The third-order valence-corrected chi connectivity index (χ3v) is 2.85. The molecule has 0 heterocycles. The van der Waals surface area contributed by atoms with Crippen LogP contribution in [0.2, 0.25) is 0 Å². The molecule has 3 nitrogen and oxygen atoms in total. The average Bonchev–Trinajstić information content (AvgIpc) is 2.37. The molecule has 1 aromatic rings. The van der Waals surface area contributed by atoms with Crippen molar-refractivity contribution in [3.8, 4) is 12.1 Å². The van der Waals surface area contributed by atoms with Gasteiger partial charge in [0.25, 0.3) is 0 Å². The molecule has 0 aliphatic heterocycles. The third kappa shape index (κ3) is 3.64. The largest absolute Gasteiger partial charge is 0.417 e. The van der Waals surface area contributed by atoms with Crippen molar-refractivity contribution < 1.29 is 13.2 Å². The molecule has 0 unspecified atom stereocenters. The lowest BCUT2D eigenvalue weighted by Crippen LogP contribution is -2.31. The molecular formula is C14H14F3N3. The van der Waals surface area contributed by atoms with E-state index in [0.717, 1.165) is 6.07 Å². The van der Waals surface area contributed by atoms with Crippen LogP contribution < -0.4 is 4.90 Å². The van der Waals surface area contributed by atoms with Gasteiger partial charge in [-0.2, -0.15) is 23.7 Å². The molecular weight excluding hydrogens is 267 g/mol. The monoisotopic (exact) mass is 281 g/mol. The Morgan fingerprint density at radius 2 is 1.90 bits per heavy atom. The fraction of sp³-hybridized carbons (Fsp3) is 0.429. The third-order valence-electron chi connectivity index (χ3n) is 2.85. The summed E-state index contributed by atoms with van der Waals surface area (Å²) in [5.74, 6) is 0. The number of hydrogen-bond acceptors (Lipinski definition) is 3. The van der Waals surface area contributed by atoms with Crippen LogP contribution in [0.1, 0.15) is 31.4 Å². The van der Waals surface area contributed by atoms with Crippen molar-refractivity contribution >= 4 is 5.69 Å². The Hall–Kier alpha value is -2.21. The number of halogens is 3. The zero-order chi connectivity index (χ0) is 15.3. The smallest absolute Gasteiger partial charge is 0.368 e. The van der Waals surface area contributed by atoms with Gasteiger partial charge in [-0.1, -0.05) is 0 Å². The van der Waals surface area contributed by atoms with E-state index >= 15 is 0 Å². The molecule has 106 valence electrons. The highest BCUT2D eigenvalue weighted by Crippen LogP contribution is 2.34. The molecule has 6 heteroatoms. The summed E-state index contributed by atoms with van der Waals surface area (Å²) in [5.41, 5.74) is -0.829. The van der Waals surface area contributed by atoms with Crippen LogP contribution in [-0.2, 0) is 6.18 Å². The van der Waals surface area contributed by atoms with Crippen LogP contribution in [0, 0.1) is 22.7 Å². The molecule has 1 rings (SSSR count). The lowest BCUT2D eigenvalue weighted by molar-refractivity contribution is -0.137. The van der Waals surface area contributed by atoms with Crippen molar-refractivity contribution in [2.75, 3.05) is 11.4 Å². The minimum atomic E-state index is -4.54. The Kier molecular flexibility index (Phi) is 4.99. The summed E-state index contributed by atoms with van der Waals surface area (Å²) in [6, 6.07) is 7.07. The molecule has 0 fully saturated rings. The Balaban J connectivity index is 3.21. The molecule has 0 spiro atoms. The van der Waals surface area contributed by atoms with Gasteiger partial charge in [-0.05, 0) is 32.0 Å². The molecule has 0 atom stereocenters. The number of rotatable bonds is 4. The van der Waals surface area contributed by atoms with Gasteiger partial charge in [0, 0.05) is 18.3 Å².